The predicted molar refractivity (Wildman–Crippen MR) is 128 cm³/mol. The van der Waals surface area contributed by atoms with Gasteiger partial charge in [0.1, 0.15) is 5.75 Å². The van der Waals surface area contributed by atoms with Crippen molar-refractivity contribution in [2.45, 2.75) is 72.4 Å². The van der Waals surface area contributed by atoms with E-state index in [1.165, 1.54) is 5.56 Å². The molecule has 0 unspecified atom stereocenters. The number of phenolic OH excluding ortho intramolecular Hbond substituents is 1. The molecule has 0 bridgehead atoms. The molecule has 0 aliphatic heterocycles. The first-order chi connectivity index (χ1) is 14.4. The molecular weight excluding hydrogens is 384 g/mol. The van der Waals surface area contributed by atoms with E-state index in [2.05, 4.69) is 68.5 Å². The monoisotopic (exact) mass is 420 g/mol. The van der Waals surface area contributed by atoms with Crippen LogP contribution in [0.3, 0.4) is 0 Å². The maximum absolute atomic E-state index is 11.3. The van der Waals surface area contributed by atoms with Crippen LogP contribution in [0.2, 0.25) is 0 Å². The number of aromatic nitrogens is 3. The van der Waals surface area contributed by atoms with Crippen LogP contribution >= 0.6 is 0 Å². The number of benzene rings is 1. The number of aryl methyl sites for hydroxylation is 2. The number of pyridine rings is 1. The number of aromatic hydroxyl groups is 1. The molecule has 3 rings (SSSR count). The zero-order valence-corrected chi connectivity index (χ0v) is 20.2. The summed E-state index contributed by atoms with van der Waals surface area (Å²) < 4.78 is 2.01. The van der Waals surface area contributed by atoms with Crippen molar-refractivity contribution in [2.75, 3.05) is 4.90 Å². The number of hydrogen-bond acceptors (Lipinski definition) is 4. The highest BCUT2D eigenvalue weighted by molar-refractivity contribution is 5.50. The second kappa shape index (κ2) is 8.37. The number of nitrogens with zero attached hydrogens (tertiary/aromatic N) is 4. The summed E-state index contributed by atoms with van der Waals surface area (Å²) in [5.41, 5.74) is 4.89. The van der Waals surface area contributed by atoms with Crippen LogP contribution in [0.4, 0.5) is 5.95 Å². The number of rotatable bonds is 5. The van der Waals surface area contributed by atoms with Crippen molar-refractivity contribution in [2.24, 2.45) is 7.05 Å². The smallest absolute Gasteiger partial charge is 0.205 e. The molecule has 0 radical (unpaired) electrons. The zero-order chi connectivity index (χ0) is 23.0. The largest absolute Gasteiger partial charge is 0.507 e. The van der Waals surface area contributed by atoms with Crippen molar-refractivity contribution in [1.82, 2.24) is 14.5 Å². The Balaban J connectivity index is 2.09. The Morgan fingerprint density at radius 3 is 2.26 bits per heavy atom. The van der Waals surface area contributed by atoms with Gasteiger partial charge in [0.15, 0.2) is 0 Å². The summed E-state index contributed by atoms with van der Waals surface area (Å²) in [4.78, 5) is 11.4. The van der Waals surface area contributed by atoms with E-state index in [9.17, 15) is 5.11 Å². The van der Waals surface area contributed by atoms with Crippen LogP contribution in [0.1, 0.15) is 69.6 Å². The summed E-state index contributed by atoms with van der Waals surface area (Å²) in [6, 6.07) is 10.4. The van der Waals surface area contributed by atoms with Gasteiger partial charge in [-0.25, -0.2) is 4.98 Å². The van der Waals surface area contributed by atoms with Crippen LogP contribution in [0.25, 0.3) is 0 Å². The highest BCUT2D eigenvalue weighted by Crippen LogP contribution is 2.38. The fraction of sp³-hybridized carbons (Fsp3) is 0.462. The number of anilines is 1. The number of hydrogen-bond donors (Lipinski definition) is 1. The molecule has 0 aliphatic carbocycles. The maximum atomic E-state index is 11.3. The van der Waals surface area contributed by atoms with Crippen molar-refractivity contribution >= 4 is 5.95 Å². The normalized spacial score (nSPS) is 12.3. The van der Waals surface area contributed by atoms with Gasteiger partial charge in [0.05, 0.1) is 12.2 Å². The Hall–Kier alpha value is -2.82. The lowest BCUT2D eigenvalue weighted by molar-refractivity contribution is 0.436. The van der Waals surface area contributed by atoms with Crippen LogP contribution in [0.15, 0.2) is 42.7 Å². The molecule has 0 saturated heterocycles. The third-order valence-corrected chi connectivity index (χ3v) is 5.60. The molecule has 5 nitrogen and oxygen atoms in total. The van der Waals surface area contributed by atoms with Gasteiger partial charge in [-0.3, -0.25) is 4.98 Å². The van der Waals surface area contributed by atoms with Crippen molar-refractivity contribution in [3.8, 4) is 5.75 Å². The highest BCUT2D eigenvalue weighted by Gasteiger charge is 2.26. The Morgan fingerprint density at radius 1 is 1.00 bits per heavy atom. The molecule has 0 saturated carbocycles. The third-order valence-electron chi connectivity index (χ3n) is 5.60. The van der Waals surface area contributed by atoms with E-state index in [1.807, 2.05) is 42.9 Å². The van der Waals surface area contributed by atoms with Crippen LogP contribution in [-0.4, -0.2) is 19.6 Å². The zero-order valence-electron chi connectivity index (χ0n) is 20.2. The van der Waals surface area contributed by atoms with E-state index in [-0.39, 0.29) is 10.8 Å². The summed E-state index contributed by atoms with van der Waals surface area (Å²) in [5.74, 6) is 1.22. The highest BCUT2D eigenvalue weighted by atomic mass is 16.3. The molecule has 0 atom stereocenters. The molecule has 2 heterocycles. The van der Waals surface area contributed by atoms with Crippen LogP contribution in [0.5, 0.6) is 5.75 Å². The molecule has 31 heavy (non-hydrogen) atoms. The summed E-state index contributed by atoms with van der Waals surface area (Å²) in [6.45, 7) is 16.2. The molecule has 1 N–H and O–H groups in total. The summed E-state index contributed by atoms with van der Waals surface area (Å²) >= 11 is 0. The van der Waals surface area contributed by atoms with Gasteiger partial charge in [-0.1, -0.05) is 53.7 Å². The average molecular weight is 421 g/mol. The van der Waals surface area contributed by atoms with Crippen molar-refractivity contribution in [1.29, 1.82) is 0 Å². The molecule has 166 valence electrons. The lowest BCUT2D eigenvalue weighted by Crippen LogP contribution is -2.26. The maximum Gasteiger partial charge on any atom is 0.205 e. The number of phenols is 1. The molecule has 2 aromatic heterocycles. The van der Waals surface area contributed by atoms with Gasteiger partial charge in [0.25, 0.3) is 0 Å². The van der Waals surface area contributed by atoms with Gasteiger partial charge in [0.2, 0.25) is 5.95 Å². The second-order valence-corrected chi connectivity index (χ2v) is 10.5. The summed E-state index contributed by atoms with van der Waals surface area (Å²) in [6.07, 6.45) is 3.75. The minimum Gasteiger partial charge on any atom is -0.507 e. The van der Waals surface area contributed by atoms with Gasteiger partial charge in [-0.15, -0.1) is 0 Å². The van der Waals surface area contributed by atoms with E-state index in [4.69, 9.17) is 0 Å². The molecule has 0 aliphatic rings. The fourth-order valence-electron chi connectivity index (χ4n) is 3.77. The predicted octanol–water partition coefficient (Wildman–Crippen LogP) is 5.63. The van der Waals surface area contributed by atoms with E-state index in [0.717, 1.165) is 28.5 Å². The minimum atomic E-state index is -0.160. The lowest BCUT2D eigenvalue weighted by atomic mass is 9.79. The van der Waals surface area contributed by atoms with Gasteiger partial charge < -0.3 is 14.6 Å². The third kappa shape index (κ3) is 5.27. The van der Waals surface area contributed by atoms with Gasteiger partial charge in [-0.05, 0) is 47.1 Å². The molecule has 0 amide bonds. The minimum absolute atomic E-state index is 0.0192. The Bertz CT molecular complexity index is 1050. The quantitative estimate of drug-likeness (QED) is 0.581. The lowest BCUT2D eigenvalue weighted by Gasteiger charge is -2.30. The van der Waals surface area contributed by atoms with E-state index in [1.54, 1.807) is 6.20 Å². The van der Waals surface area contributed by atoms with E-state index in [0.29, 0.717) is 18.8 Å². The molecule has 0 spiro atoms. The molecule has 5 heteroatoms. The molecule has 0 fully saturated rings. The van der Waals surface area contributed by atoms with Crippen molar-refractivity contribution < 1.29 is 5.11 Å². The van der Waals surface area contributed by atoms with Crippen LogP contribution in [-0.2, 0) is 31.0 Å². The first-order valence-electron chi connectivity index (χ1n) is 10.9. The van der Waals surface area contributed by atoms with Gasteiger partial charge >= 0.3 is 0 Å². The average Bonchev–Trinajstić information content (AvgIpc) is 3.06. The Morgan fingerprint density at radius 2 is 1.71 bits per heavy atom. The summed E-state index contributed by atoms with van der Waals surface area (Å²) in [7, 11) is 1.99. The van der Waals surface area contributed by atoms with E-state index < -0.39 is 0 Å². The molecule has 3 aromatic rings. The van der Waals surface area contributed by atoms with E-state index >= 15 is 0 Å². The second-order valence-electron chi connectivity index (χ2n) is 10.5. The fourth-order valence-corrected chi connectivity index (χ4v) is 3.77. The Kier molecular flexibility index (Phi) is 6.17. The first kappa shape index (κ1) is 22.9. The number of imidazole rings is 1. The molecule has 1 aromatic carbocycles. The van der Waals surface area contributed by atoms with Crippen molar-refractivity contribution in [3.05, 3.63) is 70.8 Å². The standard InChI is InChI=1S/C26H36N4O/c1-18-10-9-11-21(28-18)17-30(24-27-12-13-29(24)8)16-19-14-20(25(2,3)4)15-22(23(19)31)26(5,6)7/h9-15,31H,16-17H2,1-8H3. The van der Waals surface area contributed by atoms with Gasteiger partial charge in [0, 0.05) is 37.2 Å². The Labute approximate surface area is 186 Å². The molecular formula is C26H36N4O. The van der Waals surface area contributed by atoms with Crippen LogP contribution in [0, 0.1) is 6.92 Å². The van der Waals surface area contributed by atoms with Crippen molar-refractivity contribution in [3.63, 3.8) is 0 Å². The topological polar surface area (TPSA) is 54.2 Å². The SMILES string of the molecule is Cc1cccc(CN(Cc2cc(C(C)(C)C)cc(C(C)(C)C)c2O)c2nccn2C)n1. The summed E-state index contributed by atoms with van der Waals surface area (Å²) in [5, 5.41) is 11.3. The first-order valence-corrected chi connectivity index (χ1v) is 10.9. The van der Waals surface area contributed by atoms with Gasteiger partial charge in [-0.2, -0.15) is 0 Å². The van der Waals surface area contributed by atoms with Crippen LogP contribution < -0.4 is 4.90 Å².